The van der Waals surface area contributed by atoms with Gasteiger partial charge in [0.05, 0.1) is 11.4 Å². The number of likely N-dealkylation sites (tertiary alicyclic amines) is 1. The second-order valence-electron chi connectivity index (χ2n) is 10.7. The molecule has 6 rings (SSSR count). The Bertz CT molecular complexity index is 1610. The number of anilines is 1. The zero-order valence-electron chi connectivity index (χ0n) is 22.9. The highest BCUT2D eigenvalue weighted by molar-refractivity contribution is 6.12. The van der Waals surface area contributed by atoms with E-state index in [4.69, 9.17) is 16.2 Å². The maximum Gasteiger partial charge on any atom is 0.266 e. The van der Waals surface area contributed by atoms with Crippen molar-refractivity contribution in [3.8, 4) is 22.6 Å². The van der Waals surface area contributed by atoms with Gasteiger partial charge in [0.15, 0.2) is 0 Å². The van der Waals surface area contributed by atoms with Crippen LogP contribution in [0.1, 0.15) is 35.8 Å². The standard InChI is InChI=1S/C31H33N7O3/c1-36(21-11-12-21)16-5-8-25(39)37-17-15-22(18-37)38-28(30(33)40)26(27-29(32)34-19-35-31(27)38)20-9-13-24(14-10-20)41-23-6-3-2-4-7-23/h2-10,13-14,19,21-22H,11-12,15-18H2,1H3,(H2,33,40)(H2,32,34,35)/t22-/m1/s1. The zero-order valence-corrected chi connectivity index (χ0v) is 22.9. The number of amides is 2. The van der Waals surface area contributed by atoms with Crippen LogP contribution in [0.15, 0.2) is 73.1 Å². The summed E-state index contributed by atoms with van der Waals surface area (Å²) in [6.45, 7) is 1.74. The lowest BCUT2D eigenvalue weighted by Crippen LogP contribution is -2.29. The van der Waals surface area contributed by atoms with Crippen LogP contribution in [0, 0.1) is 0 Å². The summed E-state index contributed by atoms with van der Waals surface area (Å²) in [5.74, 6) is 0.976. The van der Waals surface area contributed by atoms with Gasteiger partial charge in [-0.3, -0.25) is 14.5 Å². The van der Waals surface area contributed by atoms with Crippen LogP contribution in [-0.4, -0.2) is 68.9 Å². The van der Waals surface area contributed by atoms with Crippen LogP contribution in [0.4, 0.5) is 5.82 Å². The second kappa shape index (κ2) is 11.1. The molecule has 3 heterocycles. The molecule has 1 saturated carbocycles. The SMILES string of the molecule is CN(CC=CC(=O)N1CC[C@@H](n2c(C(N)=O)c(-c3ccc(Oc4ccccc4)cc3)c3c(N)ncnc32)C1)C1CC1. The average molecular weight is 552 g/mol. The van der Waals surface area contributed by atoms with E-state index in [1.54, 1.807) is 11.0 Å². The van der Waals surface area contributed by atoms with E-state index >= 15 is 0 Å². The number of para-hydroxylation sites is 1. The van der Waals surface area contributed by atoms with Crippen molar-refractivity contribution in [1.29, 1.82) is 0 Å². The number of likely N-dealkylation sites (N-methyl/N-ethyl adjacent to an activating group) is 1. The van der Waals surface area contributed by atoms with E-state index in [0.717, 1.165) is 17.9 Å². The normalized spacial score (nSPS) is 17.1. The number of benzene rings is 2. The predicted octanol–water partition coefficient (Wildman–Crippen LogP) is 4.00. The molecule has 2 amide bonds. The Morgan fingerprint density at radius 3 is 2.49 bits per heavy atom. The minimum atomic E-state index is -0.602. The number of hydrogen-bond acceptors (Lipinski definition) is 7. The molecule has 2 aromatic carbocycles. The van der Waals surface area contributed by atoms with E-state index in [9.17, 15) is 9.59 Å². The van der Waals surface area contributed by atoms with Crippen molar-refractivity contribution in [2.75, 3.05) is 32.4 Å². The summed E-state index contributed by atoms with van der Waals surface area (Å²) in [5.41, 5.74) is 14.5. The van der Waals surface area contributed by atoms with Gasteiger partial charge in [-0.25, -0.2) is 9.97 Å². The number of carbonyl (C=O) groups is 2. The van der Waals surface area contributed by atoms with Gasteiger partial charge < -0.3 is 25.7 Å². The molecule has 2 aromatic heterocycles. The molecule has 1 saturated heterocycles. The van der Waals surface area contributed by atoms with Gasteiger partial charge in [-0.05, 0) is 56.1 Å². The molecule has 41 heavy (non-hydrogen) atoms. The molecule has 4 N–H and O–H groups in total. The molecule has 210 valence electrons. The van der Waals surface area contributed by atoms with Gasteiger partial charge in [-0.15, -0.1) is 0 Å². The number of fused-ring (bicyclic) bond motifs is 1. The molecule has 10 heteroatoms. The largest absolute Gasteiger partial charge is 0.457 e. The van der Waals surface area contributed by atoms with E-state index < -0.39 is 5.91 Å². The molecule has 0 bridgehead atoms. The molecule has 0 spiro atoms. The minimum absolute atomic E-state index is 0.0443. The van der Waals surface area contributed by atoms with Crippen LogP contribution < -0.4 is 16.2 Å². The van der Waals surface area contributed by atoms with Crippen LogP contribution >= 0.6 is 0 Å². The van der Waals surface area contributed by atoms with Crippen LogP contribution in [0.2, 0.25) is 0 Å². The smallest absolute Gasteiger partial charge is 0.266 e. The number of nitrogens with two attached hydrogens (primary N) is 2. The number of nitrogens with zero attached hydrogens (tertiary/aromatic N) is 5. The van der Waals surface area contributed by atoms with Gasteiger partial charge in [-0.2, -0.15) is 0 Å². The Kier molecular flexibility index (Phi) is 7.15. The number of hydrogen-bond donors (Lipinski definition) is 2. The number of nitrogen functional groups attached to an aromatic ring is 1. The Hall–Kier alpha value is -4.70. The molecule has 10 nitrogen and oxygen atoms in total. The molecular formula is C31H33N7O3. The summed E-state index contributed by atoms with van der Waals surface area (Å²) in [5, 5.41) is 0.561. The molecular weight excluding hydrogens is 518 g/mol. The Morgan fingerprint density at radius 1 is 1.05 bits per heavy atom. The van der Waals surface area contributed by atoms with Crippen molar-refractivity contribution < 1.29 is 14.3 Å². The first-order valence-corrected chi connectivity index (χ1v) is 13.8. The fourth-order valence-electron chi connectivity index (χ4n) is 5.59. The maximum absolute atomic E-state index is 13.0. The molecule has 1 aliphatic carbocycles. The third-order valence-corrected chi connectivity index (χ3v) is 7.83. The molecule has 0 unspecified atom stereocenters. The highest BCUT2D eigenvalue weighted by atomic mass is 16.5. The summed E-state index contributed by atoms with van der Waals surface area (Å²) in [7, 11) is 2.08. The number of rotatable bonds is 9. The number of carbonyl (C=O) groups excluding carboxylic acids is 2. The van der Waals surface area contributed by atoms with Crippen LogP contribution in [-0.2, 0) is 4.79 Å². The Labute approximate surface area is 238 Å². The lowest BCUT2D eigenvalue weighted by molar-refractivity contribution is -0.125. The van der Waals surface area contributed by atoms with E-state index in [1.165, 1.54) is 19.2 Å². The van der Waals surface area contributed by atoms with Crippen molar-refractivity contribution in [3.05, 3.63) is 78.8 Å². The van der Waals surface area contributed by atoms with E-state index in [1.807, 2.05) is 65.2 Å². The number of primary amides is 1. The first kappa shape index (κ1) is 26.5. The van der Waals surface area contributed by atoms with Crippen LogP contribution in [0.25, 0.3) is 22.2 Å². The zero-order chi connectivity index (χ0) is 28.5. The van der Waals surface area contributed by atoms with Crippen molar-refractivity contribution in [2.24, 2.45) is 5.73 Å². The second-order valence-corrected chi connectivity index (χ2v) is 10.7. The Balaban J connectivity index is 1.31. The average Bonchev–Trinajstić information content (AvgIpc) is 3.60. The maximum atomic E-state index is 13.0. The monoisotopic (exact) mass is 551 g/mol. The molecule has 1 atom stereocenters. The van der Waals surface area contributed by atoms with Crippen LogP contribution in [0.5, 0.6) is 11.5 Å². The van der Waals surface area contributed by atoms with Crippen molar-refractivity contribution in [3.63, 3.8) is 0 Å². The summed E-state index contributed by atoms with van der Waals surface area (Å²) in [6.07, 6.45) is 8.05. The summed E-state index contributed by atoms with van der Waals surface area (Å²) in [6, 6.07) is 17.3. The van der Waals surface area contributed by atoms with Crippen molar-refractivity contribution >= 4 is 28.7 Å². The number of ether oxygens (including phenoxy) is 1. The first-order chi connectivity index (χ1) is 19.9. The fraction of sp³-hybridized carbons (Fsp3) is 0.290. The molecule has 4 aromatic rings. The summed E-state index contributed by atoms with van der Waals surface area (Å²) in [4.78, 5) is 38.8. The number of aromatic nitrogens is 3. The van der Waals surface area contributed by atoms with Crippen LogP contribution in [0.3, 0.4) is 0 Å². The van der Waals surface area contributed by atoms with Gasteiger partial charge >= 0.3 is 0 Å². The highest BCUT2D eigenvalue weighted by Gasteiger charge is 2.34. The first-order valence-electron chi connectivity index (χ1n) is 13.8. The van der Waals surface area contributed by atoms with E-state index in [2.05, 4.69) is 21.9 Å². The molecule has 0 radical (unpaired) electrons. The van der Waals surface area contributed by atoms with Gasteiger partial charge in [0.2, 0.25) is 5.91 Å². The van der Waals surface area contributed by atoms with Gasteiger partial charge in [0.25, 0.3) is 5.91 Å². The summed E-state index contributed by atoms with van der Waals surface area (Å²) < 4.78 is 7.79. The summed E-state index contributed by atoms with van der Waals surface area (Å²) >= 11 is 0. The third-order valence-electron chi connectivity index (χ3n) is 7.83. The molecule has 2 aliphatic rings. The Morgan fingerprint density at radius 2 is 1.78 bits per heavy atom. The van der Waals surface area contributed by atoms with E-state index in [0.29, 0.717) is 53.6 Å². The highest BCUT2D eigenvalue weighted by Crippen LogP contribution is 2.40. The van der Waals surface area contributed by atoms with Crippen molar-refractivity contribution in [2.45, 2.75) is 31.3 Å². The molecule has 2 fully saturated rings. The lowest BCUT2D eigenvalue weighted by atomic mass is 10.0. The van der Waals surface area contributed by atoms with E-state index in [-0.39, 0.29) is 17.8 Å². The molecule has 1 aliphatic heterocycles. The van der Waals surface area contributed by atoms with Gasteiger partial charge in [-0.1, -0.05) is 36.4 Å². The topological polar surface area (TPSA) is 133 Å². The third kappa shape index (κ3) is 5.38. The predicted molar refractivity (Wildman–Crippen MR) is 157 cm³/mol. The lowest BCUT2D eigenvalue weighted by Gasteiger charge is -2.18. The van der Waals surface area contributed by atoms with Gasteiger partial charge in [0.1, 0.15) is 35.0 Å². The fourth-order valence-corrected chi connectivity index (χ4v) is 5.59. The quantitative estimate of drug-likeness (QED) is 0.301. The minimum Gasteiger partial charge on any atom is -0.457 e. The van der Waals surface area contributed by atoms with Gasteiger partial charge in [0, 0.05) is 37.3 Å². The van der Waals surface area contributed by atoms with Crippen molar-refractivity contribution in [1.82, 2.24) is 24.3 Å².